The molecular formula is C16H15BrClNO3S. The van der Waals surface area contributed by atoms with Gasteiger partial charge in [-0.15, -0.1) is 6.58 Å². The highest BCUT2D eigenvalue weighted by Gasteiger charge is 2.25. The Morgan fingerprint density at radius 3 is 2.43 bits per heavy atom. The lowest BCUT2D eigenvalue weighted by Gasteiger charge is -2.23. The molecule has 0 fully saturated rings. The summed E-state index contributed by atoms with van der Waals surface area (Å²) in [6.07, 6.45) is 1.53. The van der Waals surface area contributed by atoms with E-state index in [1.54, 1.807) is 24.3 Å². The van der Waals surface area contributed by atoms with Crippen LogP contribution in [0.2, 0.25) is 5.02 Å². The molecular weight excluding hydrogens is 402 g/mol. The maximum absolute atomic E-state index is 12.9. The zero-order valence-electron chi connectivity index (χ0n) is 12.4. The summed E-state index contributed by atoms with van der Waals surface area (Å²) in [7, 11) is -2.30. The van der Waals surface area contributed by atoms with Gasteiger partial charge < -0.3 is 4.74 Å². The molecule has 0 heterocycles. The van der Waals surface area contributed by atoms with Gasteiger partial charge in [-0.1, -0.05) is 33.6 Å². The van der Waals surface area contributed by atoms with Gasteiger partial charge in [-0.3, -0.25) is 4.31 Å². The summed E-state index contributed by atoms with van der Waals surface area (Å²) in [6, 6.07) is 11.4. The largest absolute Gasteiger partial charge is 0.495 e. The van der Waals surface area contributed by atoms with Crippen molar-refractivity contribution < 1.29 is 13.2 Å². The van der Waals surface area contributed by atoms with Crippen LogP contribution < -0.4 is 9.04 Å². The fraction of sp³-hybridized carbons (Fsp3) is 0.125. The first-order valence-electron chi connectivity index (χ1n) is 6.63. The fourth-order valence-corrected chi connectivity index (χ4v) is 4.05. The van der Waals surface area contributed by atoms with Gasteiger partial charge in [-0.2, -0.15) is 0 Å². The Hall–Kier alpha value is -1.50. The summed E-state index contributed by atoms with van der Waals surface area (Å²) in [5.74, 6) is 0.421. The Labute approximate surface area is 149 Å². The van der Waals surface area contributed by atoms with E-state index in [0.29, 0.717) is 11.4 Å². The van der Waals surface area contributed by atoms with E-state index in [-0.39, 0.29) is 16.5 Å². The van der Waals surface area contributed by atoms with E-state index in [1.165, 1.54) is 35.7 Å². The normalized spacial score (nSPS) is 11.1. The molecule has 2 aromatic rings. The fourth-order valence-electron chi connectivity index (χ4n) is 2.00. The van der Waals surface area contributed by atoms with Crippen molar-refractivity contribution in [3.63, 3.8) is 0 Å². The number of benzene rings is 2. The van der Waals surface area contributed by atoms with Crippen LogP contribution in [0.1, 0.15) is 0 Å². The van der Waals surface area contributed by atoms with Crippen molar-refractivity contribution >= 4 is 43.2 Å². The third-order valence-corrected chi connectivity index (χ3v) is 5.73. The number of hydrogen-bond acceptors (Lipinski definition) is 3. The lowest BCUT2D eigenvalue weighted by Crippen LogP contribution is -2.31. The summed E-state index contributed by atoms with van der Waals surface area (Å²) >= 11 is 9.38. The third-order valence-electron chi connectivity index (χ3n) is 3.12. The van der Waals surface area contributed by atoms with E-state index >= 15 is 0 Å². The SMILES string of the molecule is C=CCN(c1ccc(Br)cc1)S(=O)(=O)c1ccc(OC)c(Cl)c1. The quantitative estimate of drug-likeness (QED) is 0.652. The average molecular weight is 417 g/mol. The molecule has 4 nitrogen and oxygen atoms in total. The number of sulfonamides is 1. The van der Waals surface area contributed by atoms with E-state index in [2.05, 4.69) is 22.5 Å². The molecule has 0 radical (unpaired) electrons. The molecule has 0 spiro atoms. The lowest BCUT2D eigenvalue weighted by atomic mass is 10.3. The molecule has 0 aliphatic heterocycles. The molecule has 7 heteroatoms. The molecule has 0 unspecified atom stereocenters. The van der Waals surface area contributed by atoms with Crippen LogP contribution in [0.4, 0.5) is 5.69 Å². The van der Waals surface area contributed by atoms with Crippen LogP contribution in [0.15, 0.2) is 64.5 Å². The van der Waals surface area contributed by atoms with Crippen LogP contribution in [0.3, 0.4) is 0 Å². The van der Waals surface area contributed by atoms with Crippen molar-refractivity contribution in [2.24, 2.45) is 0 Å². The summed E-state index contributed by atoms with van der Waals surface area (Å²) in [6.45, 7) is 3.78. The molecule has 2 rings (SSSR count). The minimum atomic E-state index is -3.77. The molecule has 0 saturated carbocycles. The van der Waals surface area contributed by atoms with Crippen molar-refractivity contribution in [1.29, 1.82) is 0 Å². The first-order valence-corrected chi connectivity index (χ1v) is 9.24. The molecule has 0 bridgehead atoms. The van der Waals surface area contributed by atoms with Crippen molar-refractivity contribution in [3.8, 4) is 5.75 Å². The highest BCUT2D eigenvalue weighted by molar-refractivity contribution is 9.10. The number of halogens is 2. The smallest absolute Gasteiger partial charge is 0.264 e. The molecule has 0 saturated heterocycles. The first-order chi connectivity index (χ1) is 10.9. The topological polar surface area (TPSA) is 46.6 Å². The summed E-state index contributed by atoms with van der Waals surface area (Å²) in [5.41, 5.74) is 0.542. The minimum absolute atomic E-state index is 0.0908. The van der Waals surface area contributed by atoms with E-state index in [4.69, 9.17) is 16.3 Å². The second-order valence-electron chi connectivity index (χ2n) is 4.60. The molecule has 122 valence electrons. The van der Waals surface area contributed by atoms with Gasteiger partial charge in [0, 0.05) is 4.47 Å². The molecule has 0 aliphatic rings. The van der Waals surface area contributed by atoms with Gasteiger partial charge in [0.1, 0.15) is 5.75 Å². The number of methoxy groups -OCH3 is 1. The molecule has 23 heavy (non-hydrogen) atoms. The van der Waals surface area contributed by atoms with E-state index in [0.717, 1.165) is 4.47 Å². The van der Waals surface area contributed by atoms with Crippen LogP contribution >= 0.6 is 27.5 Å². The first kappa shape index (κ1) is 17.8. The van der Waals surface area contributed by atoms with E-state index in [9.17, 15) is 8.42 Å². The lowest BCUT2D eigenvalue weighted by molar-refractivity contribution is 0.414. The second kappa shape index (κ2) is 7.38. The molecule has 0 amide bonds. The molecule has 0 aromatic heterocycles. The van der Waals surface area contributed by atoms with Crippen molar-refractivity contribution in [2.75, 3.05) is 18.0 Å². The van der Waals surface area contributed by atoms with Crippen molar-refractivity contribution in [3.05, 3.63) is 64.6 Å². The van der Waals surface area contributed by atoms with Crippen molar-refractivity contribution in [2.45, 2.75) is 4.90 Å². The monoisotopic (exact) mass is 415 g/mol. The van der Waals surface area contributed by atoms with Gasteiger partial charge in [0.15, 0.2) is 0 Å². The van der Waals surface area contributed by atoms with Gasteiger partial charge >= 0.3 is 0 Å². The summed E-state index contributed by atoms with van der Waals surface area (Å²) in [4.78, 5) is 0.0908. The Kier molecular flexibility index (Phi) is 5.73. The van der Waals surface area contributed by atoms with Gasteiger partial charge in [0.2, 0.25) is 0 Å². The zero-order valence-corrected chi connectivity index (χ0v) is 15.5. The maximum Gasteiger partial charge on any atom is 0.264 e. The predicted octanol–water partition coefficient (Wildman–Crippen LogP) is 4.49. The van der Waals surface area contributed by atoms with Gasteiger partial charge in [0.05, 0.1) is 29.3 Å². The Morgan fingerprint density at radius 2 is 1.91 bits per heavy atom. The molecule has 0 atom stereocenters. The molecule has 0 aliphatic carbocycles. The summed E-state index contributed by atoms with van der Waals surface area (Å²) < 4.78 is 33.0. The van der Waals surface area contributed by atoms with Gasteiger partial charge in [-0.05, 0) is 42.5 Å². The van der Waals surface area contributed by atoms with Crippen LogP contribution in [-0.4, -0.2) is 22.1 Å². The standard InChI is InChI=1S/C16H15BrClNO3S/c1-3-10-19(13-6-4-12(17)5-7-13)23(20,21)14-8-9-16(22-2)15(18)11-14/h3-9,11H,1,10H2,2H3. The number of anilines is 1. The van der Waals surface area contributed by atoms with Gasteiger partial charge in [0.25, 0.3) is 10.0 Å². The Balaban J connectivity index is 2.50. The molecule has 0 N–H and O–H groups in total. The number of ether oxygens (including phenoxy) is 1. The van der Waals surface area contributed by atoms with Crippen LogP contribution in [0.5, 0.6) is 5.75 Å². The van der Waals surface area contributed by atoms with Crippen LogP contribution in [-0.2, 0) is 10.0 Å². The third kappa shape index (κ3) is 3.88. The Morgan fingerprint density at radius 1 is 1.26 bits per heavy atom. The van der Waals surface area contributed by atoms with E-state index in [1.807, 2.05) is 0 Å². The number of hydrogen-bond donors (Lipinski definition) is 0. The highest BCUT2D eigenvalue weighted by Crippen LogP contribution is 2.30. The Bertz CT molecular complexity index is 807. The second-order valence-corrected chi connectivity index (χ2v) is 7.78. The zero-order chi connectivity index (χ0) is 17.0. The van der Waals surface area contributed by atoms with E-state index < -0.39 is 10.0 Å². The van der Waals surface area contributed by atoms with Crippen molar-refractivity contribution in [1.82, 2.24) is 0 Å². The number of rotatable bonds is 6. The molecule has 2 aromatic carbocycles. The minimum Gasteiger partial charge on any atom is -0.495 e. The van der Waals surface area contributed by atoms with Crippen LogP contribution in [0, 0.1) is 0 Å². The number of nitrogens with zero attached hydrogens (tertiary/aromatic N) is 1. The predicted molar refractivity (Wildman–Crippen MR) is 96.9 cm³/mol. The highest BCUT2D eigenvalue weighted by atomic mass is 79.9. The maximum atomic E-state index is 12.9. The summed E-state index contributed by atoms with van der Waals surface area (Å²) in [5, 5.41) is 0.239. The van der Waals surface area contributed by atoms with Gasteiger partial charge in [-0.25, -0.2) is 8.42 Å². The van der Waals surface area contributed by atoms with Crippen LogP contribution in [0.25, 0.3) is 0 Å². The average Bonchev–Trinajstić information content (AvgIpc) is 2.53.